The van der Waals surface area contributed by atoms with E-state index in [4.69, 9.17) is 14.2 Å². The molecule has 286 valence electrons. The molecule has 1 N–H and O–H groups in total. The van der Waals surface area contributed by atoms with Crippen molar-refractivity contribution in [3.63, 3.8) is 0 Å². The second kappa shape index (κ2) is 33.0. The first-order valence-electron chi connectivity index (χ1n) is 19.9. The zero-order valence-corrected chi connectivity index (χ0v) is 32.4. The van der Waals surface area contributed by atoms with Crippen molar-refractivity contribution in [1.82, 2.24) is 0 Å². The van der Waals surface area contributed by atoms with Gasteiger partial charge in [-0.2, -0.15) is 0 Å². The number of ether oxygens (including phenoxy) is 3. The van der Waals surface area contributed by atoms with Crippen LogP contribution < -0.4 is 0 Å². The van der Waals surface area contributed by atoms with Crippen molar-refractivity contribution in [3.8, 4) is 0 Å². The molecule has 0 bridgehead atoms. The summed E-state index contributed by atoms with van der Waals surface area (Å²) in [6, 6.07) is -0.615. The van der Waals surface area contributed by atoms with Crippen LogP contribution in [0.2, 0.25) is 0 Å². The Balaban J connectivity index is 4.41. The lowest BCUT2D eigenvalue weighted by Crippen LogP contribution is -2.50. The number of nitrogens with zero attached hydrogens (tertiary/aromatic N) is 1. The molecule has 0 radical (unpaired) electrons. The third kappa shape index (κ3) is 31.5. The summed E-state index contributed by atoms with van der Waals surface area (Å²) in [5, 5.41) is 9.58. The van der Waals surface area contributed by atoms with E-state index >= 15 is 0 Å². The molecule has 8 nitrogen and oxygen atoms in total. The van der Waals surface area contributed by atoms with Gasteiger partial charge in [0.25, 0.3) is 0 Å². The van der Waals surface area contributed by atoms with E-state index in [-0.39, 0.29) is 36.2 Å². The highest BCUT2D eigenvalue weighted by Gasteiger charge is 2.31. The molecule has 0 aromatic heterocycles. The molecule has 2 unspecified atom stereocenters. The number of allylic oxidation sites excluding steroid dienone is 4. The van der Waals surface area contributed by atoms with Gasteiger partial charge in [-0.1, -0.05) is 141 Å². The number of likely N-dealkylation sites (N-methyl/N-ethyl adjacent to an activating group) is 1. The molecule has 2 atom stereocenters. The number of hydrogen-bond acceptors (Lipinski definition) is 6. The smallest absolute Gasteiger partial charge is 0.362 e. The fourth-order valence-electron chi connectivity index (χ4n) is 5.71. The predicted molar refractivity (Wildman–Crippen MR) is 202 cm³/mol. The molecule has 0 aromatic carbocycles. The van der Waals surface area contributed by atoms with Gasteiger partial charge in [-0.05, 0) is 32.1 Å². The van der Waals surface area contributed by atoms with Crippen LogP contribution in [0.5, 0.6) is 0 Å². The highest BCUT2D eigenvalue weighted by Crippen LogP contribution is 2.14. The summed E-state index contributed by atoms with van der Waals surface area (Å²) in [6.45, 7) is 4.65. The molecule has 0 rings (SSSR count). The van der Waals surface area contributed by atoms with Gasteiger partial charge in [-0.25, -0.2) is 4.79 Å². The molecule has 49 heavy (non-hydrogen) atoms. The number of carbonyl (C=O) groups is 3. The third-order valence-corrected chi connectivity index (χ3v) is 8.88. The van der Waals surface area contributed by atoms with Crippen molar-refractivity contribution in [1.29, 1.82) is 0 Å². The van der Waals surface area contributed by atoms with E-state index < -0.39 is 18.1 Å². The molecule has 0 aliphatic rings. The molecular weight excluding hydrogens is 618 g/mol. The number of hydrogen-bond donors (Lipinski definition) is 1. The summed E-state index contributed by atoms with van der Waals surface area (Å²) in [6.07, 6.45) is 33.6. The third-order valence-electron chi connectivity index (χ3n) is 8.88. The van der Waals surface area contributed by atoms with Crippen molar-refractivity contribution < 1.29 is 38.2 Å². The van der Waals surface area contributed by atoms with Crippen LogP contribution in [0.1, 0.15) is 168 Å². The molecule has 0 heterocycles. The van der Waals surface area contributed by atoms with Crippen LogP contribution in [0.4, 0.5) is 0 Å². The summed E-state index contributed by atoms with van der Waals surface area (Å²) < 4.78 is 17.2. The van der Waals surface area contributed by atoms with Crippen molar-refractivity contribution in [2.24, 2.45) is 0 Å². The van der Waals surface area contributed by atoms with Crippen LogP contribution in [0.3, 0.4) is 0 Å². The predicted octanol–water partition coefficient (Wildman–Crippen LogP) is 10.1. The topological polar surface area (TPSA) is 99.1 Å². The van der Waals surface area contributed by atoms with Gasteiger partial charge in [-0.15, -0.1) is 0 Å². The number of carbonyl (C=O) groups excluding carboxylic acids is 2. The van der Waals surface area contributed by atoms with Crippen LogP contribution in [-0.2, 0) is 28.6 Å². The van der Waals surface area contributed by atoms with Gasteiger partial charge in [0.05, 0.1) is 34.4 Å². The van der Waals surface area contributed by atoms with Gasteiger partial charge < -0.3 is 23.8 Å². The Hall–Kier alpha value is -2.19. The second-order valence-corrected chi connectivity index (χ2v) is 14.6. The fourth-order valence-corrected chi connectivity index (χ4v) is 5.71. The Kier molecular flexibility index (Phi) is 31.5. The highest BCUT2D eigenvalue weighted by molar-refractivity contribution is 5.72. The number of unbranched alkanes of at least 4 members (excludes halogenated alkanes) is 18. The number of carboxylic acid groups (broad SMARTS) is 1. The molecule has 0 aromatic rings. The van der Waals surface area contributed by atoms with E-state index in [9.17, 15) is 19.5 Å². The van der Waals surface area contributed by atoms with Crippen LogP contribution in [0, 0.1) is 0 Å². The van der Waals surface area contributed by atoms with Crippen LogP contribution >= 0.6 is 0 Å². The standard InChI is InChI=1S/C41H75NO7/c1-6-8-10-12-14-16-18-19-20-22-23-25-27-29-31-39(43)48-36-37(35-47-34-33-38(41(45)46)42(3,4)5)49-40(44)32-30-28-26-24-21-17-15-13-11-9-7-2/h13,15,17,21,37-38H,6-12,14,16,18-20,22-36H2,1-5H3/p+1/b15-13+,21-17+. The summed E-state index contributed by atoms with van der Waals surface area (Å²) in [4.78, 5) is 36.8. The van der Waals surface area contributed by atoms with E-state index in [2.05, 4.69) is 38.2 Å². The minimum atomic E-state index is -0.879. The Morgan fingerprint density at radius 1 is 0.612 bits per heavy atom. The second-order valence-electron chi connectivity index (χ2n) is 14.6. The average molecular weight is 695 g/mol. The summed E-state index contributed by atoms with van der Waals surface area (Å²) >= 11 is 0. The van der Waals surface area contributed by atoms with E-state index in [1.807, 2.05) is 21.1 Å². The first-order chi connectivity index (χ1) is 23.6. The lowest BCUT2D eigenvalue weighted by molar-refractivity contribution is -0.887. The molecule has 0 saturated heterocycles. The Labute approximate surface area is 301 Å². The van der Waals surface area contributed by atoms with Crippen LogP contribution in [-0.4, -0.2) is 80.6 Å². The Bertz CT molecular complexity index is 864. The van der Waals surface area contributed by atoms with Crippen molar-refractivity contribution in [3.05, 3.63) is 24.3 Å². The monoisotopic (exact) mass is 695 g/mol. The van der Waals surface area contributed by atoms with Crippen LogP contribution in [0.25, 0.3) is 0 Å². The molecule has 0 aliphatic heterocycles. The van der Waals surface area contributed by atoms with Gasteiger partial charge in [0, 0.05) is 19.3 Å². The normalized spacial score (nSPS) is 13.2. The SMILES string of the molecule is CCCC/C=C/C=C/CCCCCC(=O)OC(COCCC(C(=O)O)[N+](C)(C)C)COC(=O)CCCCCCCCCCCCCCCC. The highest BCUT2D eigenvalue weighted by atomic mass is 16.6. The van der Waals surface area contributed by atoms with E-state index in [1.54, 1.807) is 0 Å². The summed E-state index contributed by atoms with van der Waals surface area (Å²) in [5.41, 5.74) is 0. The van der Waals surface area contributed by atoms with Gasteiger partial charge in [0.2, 0.25) is 0 Å². The largest absolute Gasteiger partial charge is 0.477 e. The van der Waals surface area contributed by atoms with E-state index in [1.165, 1.54) is 83.5 Å². The maximum atomic E-state index is 12.6. The van der Waals surface area contributed by atoms with Crippen molar-refractivity contribution in [2.45, 2.75) is 180 Å². The molecule has 0 amide bonds. The molecule has 0 aliphatic carbocycles. The number of carboxylic acids is 1. The quantitative estimate of drug-likeness (QED) is 0.0305. The zero-order chi connectivity index (χ0) is 36.4. The zero-order valence-electron chi connectivity index (χ0n) is 32.4. The number of rotatable bonds is 35. The van der Waals surface area contributed by atoms with Gasteiger partial charge in [0.15, 0.2) is 12.1 Å². The molecule has 8 heteroatoms. The summed E-state index contributed by atoms with van der Waals surface area (Å²) in [5.74, 6) is -1.50. The number of aliphatic carboxylic acids is 1. The molecule has 0 fully saturated rings. The Morgan fingerprint density at radius 3 is 1.59 bits per heavy atom. The molecule has 0 saturated carbocycles. The minimum Gasteiger partial charge on any atom is -0.477 e. The van der Waals surface area contributed by atoms with Gasteiger partial charge >= 0.3 is 17.9 Å². The number of quaternary nitrogens is 1. The first kappa shape index (κ1) is 46.8. The van der Waals surface area contributed by atoms with Crippen molar-refractivity contribution >= 4 is 17.9 Å². The summed E-state index contributed by atoms with van der Waals surface area (Å²) in [7, 11) is 5.51. The lowest BCUT2D eigenvalue weighted by atomic mass is 10.0. The minimum absolute atomic E-state index is 0.0535. The van der Waals surface area contributed by atoms with Gasteiger partial charge in [0.1, 0.15) is 6.61 Å². The van der Waals surface area contributed by atoms with E-state index in [0.717, 1.165) is 51.4 Å². The maximum absolute atomic E-state index is 12.6. The molecular formula is C41H76NO7+. The maximum Gasteiger partial charge on any atom is 0.362 e. The lowest BCUT2D eigenvalue weighted by Gasteiger charge is -2.31. The first-order valence-corrected chi connectivity index (χ1v) is 19.9. The van der Waals surface area contributed by atoms with E-state index in [0.29, 0.717) is 19.3 Å². The van der Waals surface area contributed by atoms with Crippen LogP contribution in [0.15, 0.2) is 24.3 Å². The Morgan fingerprint density at radius 2 is 1.08 bits per heavy atom. The van der Waals surface area contributed by atoms with Gasteiger partial charge in [-0.3, -0.25) is 9.59 Å². The fraction of sp³-hybridized carbons (Fsp3) is 0.829. The average Bonchev–Trinajstić information content (AvgIpc) is 3.05. The molecule has 0 spiro atoms. The number of esters is 2. The van der Waals surface area contributed by atoms with Crippen molar-refractivity contribution in [2.75, 3.05) is 41.0 Å².